The van der Waals surface area contributed by atoms with Gasteiger partial charge in [-0.3, -0.25) is 15.0 Å². The Hall–Kier alpha value is -2.24. The standard InChI is InChI=1S/C21H22N3OS/c1-14(2)12-24-11-10-15-6-5-7-16(17(15)13-24)20(25)23-21-22-18-8-3-4-9-19(18)26-21/h3-9H,10-13H2,1-2H3,(H,22,23,25). The molecule has 5 heteroatoms. The van der Waals surface area contributed by atoms with E-state index < -0.39 is 0 Å². The van der Waals surface area contributed by atoms with Gasteiger partial charge in [0.1, 0.15) is 0 Å². The number of anilines is 1. The van der Waals surface area contributed by atoms with Gasteiger partial charge in [-0.2, -0.15) is 0 Å². The van der Waals surface area contributed by atoms with E-state index in [-0.39, 0.29) is 5.91 Å². The van der Waals surface area contributed by atoms with Gasteiger partial charge in [-0.15, -0.1) is 0 Å². The molecule has 0 unspecified atom stereocenters. The molecule has 0 saturated carbocycles. The lowest BCUT2D eigenvalue weighted by Crippen LogP contribution is -2.34. The van der Waals surface area contributed by atoms with E-state index in [0.29, 0.717) is 5.13 Å². The number of aromatic nitrogens is 1. The van der Waals surface area contributed by atoms with Crippen LogP contribution in [0.25, 0.3) is 10.2 Å². The van der Waals surface area contributed by atoms with Crippen molar-refractivity contribution in [3.05, 3.63) is 65.1 Å². The van der Waals surface area contributed by atoms with Crippen molar-refractivity contribution < 1.29 is 4.79 Å². The number of para-hydroxylation sites is 1. The second-order valence-electron chi connectivity index (χ2n) is 7.05. The zero-order valence-electron chi connectivity index (χ0n) is 15.1. The number of nitrogens with one attached hydrogen (secondary N) is 1. The van der Waals surface area contributed by atoms with Crippen LogP contribution < -0.4 is 5.32 Å². The molecule has 26 heavy (non-hydrogen) atoms. The van der Waals surface area contributed by atoms with Crippen LogP contribution in [-0.4, -0.2) is 28.9 Å². The fourth-order valence-electron chi connectivity index (χ4n) is 3.52. The third-order valence-corrected chi connectivity index (χ3v) is 5.60. The molecular formula is C21H22N3OS. The smallest absolute Gasteiger partial charge is 0.257 e. The zero-order chi connectivity index (χ0) is 18.1. The zero-order valence-corrected chi connectivity index (χ0v) is 15.9. The molecule has 4 nitrogen and oxygen atoms in total. The SMILES string of the molecule is C[C](C)CN1CCc2cccc(C(=O)Nc3nc4ccccc4s3)c2C1. The average molecular weight is 364 g/mol. The van der Waals surface area contributed by atoms with E-state index in [9.17, 15) is 4.79 Å². The molecule has 2 aromatic carbocycles. The first-order chi connectivity index (χ1) is 12.6. The van der Waals surface area contributed by atoms with E-state index in [4.69, 9.17) is 0 Å². The Labute approximate surface area is 157 Å². The van der Waals surface area contributed by atoms with Gasteiger partial charge in [-0.25, -0.2) is 4.98 Å². The molecule has 0 spiro atoms. The number of thiazole rings is 1. The van der Waals surface area contributed by atoms with E-state index >= 15 is 0 Å². The molecule has 2 heterocycles. The summed E-state index contributed by atoms with van der Waals surface area (Å²) < 4.78 is 1.08. The molecule has 1 N–H and O–H groups in total. The highest BCUT2D eigenvalue weighted by Crippen LogP contribution is 2.28. The summed E-state index contributed by atoms with van der Waals surface area (Å²) in [5.74, 6) is 1.32. The number of nitrogens with zero attached hydrogens (tertiary/aromatic N) is 2. The Morgan fingerprint density at radius 1 is 1.19 bits per heavy atom. The highest BCUT2D eigenvalue weighted by molar-refractivity contribution is 7.22. The fraction of sp³-hybridized carbons (Fsp3) is 0.286. The Balaban J connectivity index is 1.58. The number of fused-ring (bicyclic) bond motifs is 2. The average Bonchev–Trinajstić information content (AvgIpc) is 3.02. The summed E-state index contributed by atoms with van der Waals surface area (Å²) in [4.78, 5) is 19.8. The molecule has 0 bridgehead atoms. The third kappa shape index (κ3) is 3.50. The first-order valence-corrected chi connectivity index (χ1v) is 9.71. The van der Waals surface area contributed by atoms with Crippen molar-refractivity contribution in [1.82, 2.24) is 9.88 Å². The van der Waals surface area contributed by atoms with Crippen LogP contribution in [0.5, 0.6) is 0 Å². The van der Waals surface area contributed by atoms with Gasteiger partial charge in [-0.1, -0.05) is 49.4 Å². The number of rotatable bonds is 4. The fourth-order valence-corrected chi connectivity index (χ4v) is 4.38. The van der Waals surface area contributed by atoms with Crippen molar-refractivity contribution in [2.45, 2.75) is 26.8 Å². The molecular weight excluding hydrogens is 342 g/mol. The lowest BCUT2D eigenvalue weighted by Gasteiger charge is -2.31. The van der Waals surface area contributed by atoms with Crippen LogP contribution in [-0.2, 0) is 13.0 Å². The van der Waals surface area contributed by atoms with Crippen LogP contribution >= 0.6 is 11.3 Å². The maximum absolute atomic E-state index is 12.9. The van der Waals surface area contributed by atoms with Crippen molar-refractivity contribution in [1.29, 1.82) is 0 Å². The number of hydrogen-bond acceptors (Lipinski definition) is 4. The second-order valence-corrected chi connectivity index (χ2v) is 8.08. The number of benzene rings is 2. The van der Waals surface area contributed by atoms with Crippen LogP contribution in [0, 0.1) is 5.92 Å². The van der Waals surface area contributed by atoms with E-state index in [2.05, 4.69) is 35.1 Å². The Bertz CT molecular complexity index is 914. The number of hydrogen-bond donors (Lipinski definition) is 1. The van der Waals surface area contributed by atoms with Gasteiger partial charge < -0.3 is 0 Å². The highest BCUT2D eigenvalue weighted by Gasteiger charge is 2.22. The first kappa shape index (κ1) is 17.2. The summed E-state index contributed by atoms with van der Waals surface area (Å²) in [6.07, 6.45) is 0.991. The van der Waals surface area contributed by atoms with Crippen LogP contribution in [0.3, 0.4) is 0 Å². The molecule has 3 aromatic rings. The molecule has 4 rings (SSSR count). The summed E-state index contributed by atoms with van der Waals surface area (Å²) in [5.41, 5.74) is 4.12. The van der Waals surface area contributed by atoms with Crippen molar-refractivity contribution >= 4 is 32.6 Å². The van der Waals surface area contributed by atoms with Crippen LogP contribution in [0.15, 0.2) is 42.5 Å². The minimum atomic E-state index is -0.0695. The molecule has 1 radical (unpaired) electrons. The van der Waals surface area contributed by atoms with Crippen molar-refractivity contribution in [3.63, 3.8) is 0 Å². The maximum atomic E-state index is 12.9. The van der Waals surface area contributed by atoms with Gasteiger partial charge in [0.15, 0.2) is 5.13 Å². The molecule has 1 aromatic heterocycles. The number of carbonyl (C=O) groups excluding carboxylic acids is 1. The van der Waals surface area contributed by atoms with E-state index in [1.807, 2.05) is 36.4 Å². The minimum absolute atomic E-state index is 0.0695. The Morgan fingerprint density at radius 3 is 2.85 bits per heavy atom. The van der Waals surface area contributed by atoms with Gasteiger partial charge >= 0.3 is 0 Å². The lowest BCUT2D eigenvalue weighted by atomic mass is 9.94. The summed E-state index contributed by atoms with van der Waals surface area (Å²) in [6, 6.07) is 14.0. The summed E-state index contributed by atoms with van der Waals surface area (Å²) >= 11 is 1.51. The molecule has 1 aliphatic heterocycles. The normalized spacial score (nSPS) is 14.6. The van der Waals surface area contributed by atoms with Crippen LogP contribution in [0.4, 0.5) is 5.13 Å². The number of carbonyl (C=O) groups is 1. The predicted octanol–water partition coefficient (Wildman–Crippen LogP) is 4.52. The molecule has 1 amide bonds. The second kappa shape index (κ2) is 7.17. The molecule has 0 aliphatic carbocycles. The van der Waals surface area contributed by atoms with Gasteiger partial charge in [-0.05, 0) is 41.7 Å². The third-order valence-electron chi connectivity index (χ3n) is 4.65. The van der Waals surface area contributed by atoms with E-state index in [0.717, 1.165) is 47.4 Å². The van der Waals surface area contributed by atoms with E-state index in [1.54, 1.807) is 0 Å². The van der Waals surface area contributed by atoms with Crippen molar-refractivity contribution in [2.24, 2.45) is 0 Å². The molecule has 0 atom stereocenters. The lowest BCUT2D eigenvalue weighted by molar-refractivity contribution is 0.102. The molecule has 0 fully saturated rings. The number of amides is 1. The topological polar surface area (TPSA) is 45.2 Å². The van der Waals surface area contributed by atoms with Gasteiger partial charge in [0.2, 0.25) is 0 Å². The van der Waals surface area contributed by atoms with Gasteiger partial charge in [0.05, 0.1) is 10.2 Å². The highest BCUT2D eigenvalue weighted by atomic mass is 32.1. The van der Waals surface area contributed by atoms with Crippen molar-refractivity contribution in [3.8, 4) is 0 Å². The minimum Gasteiger partial charge on any atom is -0.298 e. The van der Waals surface area contributed by atoms with Gasteiger partial charge in [0.25, 0.3) is 5.91 Å². The summed E-state index contributed by atoms with van der Waals surface area (Å²) in [6.45, 7) is 7.15. The molecule has 1 aliphatic rings. The first-order valence-electron chi connectivity index (χ1n) is 8.89. The maximum Gasteiger partial charge on any atom is 0.257 e. The summed E-state index contributed by atoms with van der Waals surface area (Å²) in [7, 11) is 0. The van der Waals surface area contributed by atoms with Crippen LogP contribution in [0.1, 0.15) is 35.3 Å². The Kier molecular flexibility index (Phi) is 4.74. The quantitative estimate of drug-likeness (QED) is 0.740. The monoisotopic (exact) mass is 364 g/mol. The summed E-state index contributed by atoms with van der Waals surface area (Å²) in [5, 5.41) is 3.65. The van der Waals surface area contributed by atoms with Crippen molar-refractivity contribution in [2.75, 3.05) is 18.4 Å². The molecule has 0 saturated heterocycles. The Morgan fingerprint density at radius 2 is 2.04 bits per heavy atom. The van der Waals surface area contributed by atoms with E-state index in [1.165, 1.54) is 22.8 Å². The van der Waals surface area contributed by atoms with Crippen LogP contribution in [0.2, 0.25) is 0 Å². The largest absolute Gasteiger partial charge is 0.298 e. The predicted molar refractivity (Wildman–Crippen MR) is 108 cm³/mol. The van der Waals surface area contributed by atoms with Gasteiger partial charge in [0, 0.05) is 25.2 Å². The molecule has 133 valence electrons.